The second-order valence-electron chi connectivity index (χ2n) is 8.45. The van der Waals surface area contributed by atoms with Gasteiger partial charge in [-0.15, -0.1) is 0 Å². The number of carbonyl (C=O) groups is 3. The van der Waals surface area contributed by atoms with E-state index in [9.17, 15) is 14.4 Å². The molecule has 0 aromatic heterocycles. The molecule has 3 amide bonds. The first kappa shape index (κ1) is 23.2. The van der Waals surface area contributed by atoms with Gasteiger partial charge in [0.1, 0.15) is 17.6 Å². The van der Waals surface area contributed by atoms with Gasteiger partial charge in [0, 0.05) is 19.5 Å². The van der Waals surface area contributed by atoms with Gasteiger partial charge in [-0.2, -0.15) is 0 Å². The largest absolute Gasteiger partial charge is 0.377 e. The number of ether oxygens (including phenoxy) is 1. The molecule has 0 bridgehead atoms. The number of primary amides is 1. The predicted octanol–water partition coefficient (Wildman–Crippen LogP) is 0.944. The smallest absolute Gasteiger partial charge is 0.246 e. The van der Waals surface area contributed by atoms with Crippen molar-refractivity contribution in [2.24, 2.45) is 11.1 Å². The van der Waals surface area contributed by atoms with Gasteiger partial charge in [-0.3, -0.25) is 19.7 Å². The van der Waals surface area contributed by atoms with Crippen molar-refractivity contribution >= 4 is 17.7 Å². The Morgan fingerprint density at radius 2 is 1.97 bits per heavy atom. The Hall–Kier alpha value is -2.45. The Morgan fingerprint density at radius 1 is 1.26 bits per heavy atom. The van der Waals surface area contributed by atoms with Gasteiger partial charge in [-0.25, -0.2) is 0 Å². The number of rotatable bonds is 9. The third-order valence-electron chi connectivity index (χ3n) is 6.28. The van der Waals surface area contributed by atoms with Crippen molar-refractivity contribution in [3.8, 4) is 0 Å². The monoisotopic (exact) mass is 430 g/mol. The Morgan fingerprint density at radius 3 is 2.55 bits per heavy atom. The maximum absolute atomic E-state index is 13.7. The molecular weight excluding hydrogens is 396 g/mol. The first-order chi connectivity index (χ1) is 15.0. The number of hydrogen-bond donors (Lipinski definition) is 3. The number of amides is 3. The van der Waals surface area contributed by atoms with Crippen LogP contribution in [-0.4, -0.2) is 61.1 Å². The number of nitrogens with two attached hydrogens (primary N) is 1. The zero-order valence-electron chi connectivity index (χ0n) is 18.3. The number of nitrogens with zero attached hydrogens (tertiary/aromatic N) is 1. The molecule has 2 atom stereocenters. The zero-order chi connectivity index (χ0) is 22.3. The van der Waals surface area contributed by atoms with Gasteiger partial charge in [0.15, 0.2) is 0 Å². The van der Waals surface area contributed by atoms with E-state index in [0.29, 0.717) is 45.6 Å². The van der Waals surface area contributed by atoms with Crippen molar-refractivity contribution in [2.75, 3.05) is 26.3 Å². The van der Waals surface area contributed by atoms with E-state index in [1.807, 2.05) is 37.3 Å². The van der Waals surface area contributed by atoms with E-state index in [0.717, 1.165) is 24.8 Å². The van der Waals surface area contributed by atoms with E-state index in [1.54, 1.807) is 4.90 Å². The Kier molecular flexibility index (Phi) is 8.03. The van der Waals surface area contributed by atoms with Crippen LogP contribution in [0.1, 0.15) is 44.6 Å². The molecule has 1 aromatic rings. The van der Waals surface area contributed by atoms with Crippen LogP contribution in [0.2, 0.25) is 0 Å². The highest BCUT2D eigenvalue weighted by Crippen LogP contribution is 2.38. The van der Waals surface area contributed by atoms with Crippen LogP contribution in [0.5, 0.6) is 0 Å². The lowest BCUT2D eigenvalue weighted by molar-refractivity contribution is -0.147. The summed E-state index contributed by atoms with van der Waals surface area (Å²) in [5.41, 5.74) is 5.35. The molecule has 170 valence electrons. The van der Waals surface area contributed by atoms with Crippen molar-refractivity contribution in [1.82, 2.24) is 15.5 Å². The van der Waals surface area contributed by atoms with E-state index in [1.165, 1.54) is 0 Å². The first-order valence-corrected chi connectivity index (χ1v) is 11.2. The van der Waals surface area contributed by atoms with E-state index in [2.05, 4.69) is 10.6 Å². The number of carbonyl (C=O) groups excluding carboxylic acids is 3. The summed E-state index contributed by atoms with van der Waals surface area (Å²) in [4.78, 5) is 40.9. The normalized spacial score (nSPS) is 21.3. The summed E-state index contributed by atoms with van der Waals surface area (Å²) < 4.78 is 5.56. The van der Waals surface area contributed by atoms with Gasteiger partial charge < -0.3 is 20.7 Å². The van der Waals surface area contributed by atoms with Crippen molar-refractivity contribution in [2.45, 2.75) is 57.7 Å². The van der Waals surface area contributed by atoms with E-state index >= 15 is 0 Å². The second kappa shape index (κ2) is 10.7. The average Bonchev–Trinajstić information content (AvgIpc) is 3.29. The molecule has 0 radical (unpaired) electrons. The second-order valence-corrected chi connectivity index (χ2v) is 8.45. The molecule has 4 N–H and O–H groups in total. The van der Waals surface area contributed by atoms with Crippen LogP contribution in [0.4, 0.5) is 0 Å². The van der Waals surface area contributed by atoms with Crippen LogP contribution in [0.25, 0.3) is 0 Å². The first-order valence-electron chi connectivity index (χ1n) is 11.2. The fourth-order valence-electron chi connectivity index (χ4n) is 4.52. The Labute approximate surface area is 183 Å². The summed E-state index contributed by atoms with van der Waals surface area (Å²) >= 11 is 0. The van der Waals surface area contributed by atoms with E-state index < -0.39 is 23.3 Å². The van der Waals surface area contributed by atoms with Crippen LogP contribution in [0.15, 0.2) is 30.3 Å². The van der Waals surface area contributed by atoms with Gasteiger partial charge in [0.2, 0.25) is 17.7 Å². The third-order valence-corrected chi connectivity index (χ3v) is 6.28. The molecule has 1 aromatic carbocycles. The molecule has 31 heavy (non-hydrogen) atoms. The van der Waals surface area contributed by atoms with Crippen LogP contribution >= 0.6 is 0 Å². The van der Waals surface area contributed by atoms with Crippen LogP contribution in [-0.2, 0) is 25.5 Å². The molecule has 1 heterocycles. The molecule has 1 aliphatic carbocycles. The summed E-state index contributed by atoms with van der Waals surface area (Å²) in [5, 5.41) is 6.24. The van der Waals surface area contributed by atoms with Gasteiger partial charge >= 0.3 is 0 Å². The number of nitrogens with one attached hydrogen (secondary N) is 2. The van der Waals surface area contributed by atoms with Crippen LogP contribution < -0.4 is 16.4 Å². The predicted molar refractivity (Wildman–Crippen MR) is 117 cm³/mol. The van der Waals surface area contributed by atoms with E-state index in [-0.39, 0.29) is 12.1 Å². The topological polar surface area (TPSA) is 114 Å². The summed E-state index contributed by atoms with van der Waals surface area (Å²) in [5.74, 6) is -1.23. The lowest BCUT2D eigenvalue weighted by Gasteiger charge is -2.37. The lowest BCUT2D eigenvalue weighted by atomic mass is 9.84. The molecule has 1 saturated heterocycles. The van der Waals surface area contributed by atoms with Gasteiger partial charge in [-0.1, -0.05) is 50.1 Å². The summed E-state index contributed by atoms with van der Waals surface area (Å²) in [7, 11) is 0. The maximum Gasteiger partial charge on any atom is 0.246 e. The summed E-state index contributed by atoms with van der Waals surface area (Å²) in [6.45, 7) is 4.23. The average molecular weight is 431 g/mol. The molecule has 2 aliphatic rings. The van der Waals surface area contributed by atoms with Crippen molar-refractivity contribution in [1.29, 1.82) is 0 Å². The van der Waals surface area contributed by atoms with Crippen molar-refractivity contribution < 1.29 is 19.1 Å². The van der Waals surface area contributed by atoms with Crippen molar-refractivity contribution in [3.63, 3.8) is 0 Å². The van der Waals surface area contributed by atoms with Crippen LogP contribution in [0.3, 0.4) is 0 Å². The zero-order valence-corrected chi connectivity index (χ0v) is 18.3. The lowest BCUT2D eigenvalue weighted by Crippen LogP contribution is -2.61. The van der Waals surface area contributed by atoms with Gasteiger partial charge in [0.25, 0.3) is 0 Å². The summed E-state index contributed by atoms with van der Waals surface area (Å²) in [6.07, 6.45) is 3.29. The van der Waals surface area contributed by atoms with Crippen molar-refractivity contribution in [3.05, 3.63) is 35.9 Å². The van der Waals surface area contributed by atoms with Gasteiger partial charge in [-0.05, 0) is 24.8 Å². The number of hydrogen-bond acceptors (Lipinski definition) is 5. The molecule has 2 unspecified atom stereocenters. The highest BCUT2D eigenvalue weighted by atomic mass is 16.5. The summed E-state index contributed by atoms with van der Waals surface area (Å²) in [6, 6.07) is 8.78. The minimum absolute atomic E-state index is 0.181. The molecule has 8 heteroatoms. The molecule has 2 fully saturated rings. The minimum atomic E-state index is -1.23. The van der Waals surface area contributed by atoms with Crippen LogP contribution in [0, 0.1) is 5.41 Å². The maximum atomic E-state index is 13.7. The molecule has 8 nitrogen and oxygen atoms in total. The quantitative estimate of drug-likeness (QED) is 0.505. The van der Waals surface area contributed by atoms with Gasteiger partial charge in [0.05, 0.1) is 13.2 Å². The third kappa shape index (κ3) is 5.43. The fraction of sp³-hybridized carbons (Fsp3) is 0.609. The fourth-order valence-corrected chi connectivity index (χ4v) is 4.52. The standard InChI is InChI=1S/C23H34N4O4/c1-2-13-27(19-16-31-14-12-25-19)20(28)18(15-17-8-4-3-5-9-17)26-22(30)23(21(24)29)10-6-7-11-23/h3-5,8-9,18-19,25H,2,6-7,10-16H2,1H3,(H2,24,29)(H,26,30). The Balaban J connectivity index is 1.84. The molecule has 3 rings (SSSR count). The number of morpholine rings is 1. The minimum Gasteiger partial charge on any atom is -0.377 e. The highest BCUT2D eigenvalue weighted by Gasteiger charge is 2.47. The number of benzene rings is 1. The molecular formula is C23H34N4O4. The molecule has 1 aliphatic heterocycles. The highest BCUT2D eigenvalue weighted by molar-refractivity contribution is 6.05. The Bertz CT molecular complexity index is 758. The molecule has 1 saturated carbocycles. The SMILES string of the molecule is CCCN(C(=O)C(Cc1ccccc1)NC(=O)C1(C(N)=O)CCCC1)C1COCCN1. The van der Waals surface area contributed by atoms with E-state index in [4.69, 9.17) is 10.5 Å². The molecule has 0 spiro atoms.